The van der Waals surface area contributed by atoms with E-state index in [0.717, 1.165) is 17.1 Å². The lowest BCUT2D eigenvalue weighted by Crippen LogP contribution is -2.31. The molecule has 0 spiro atoms. The first-order valence-corrected chi connectivity index (χ1v) is 7.92. The van der Waals surface area contributed by atoms with Crippen molar-refractivity contribution in [2.75, 3.05) is 24.4 Å². The molecule has 7 heteroatoms. The van der Waals surface area contributed by atoms with Gasteiger partial charge in [0.2, 0.25) is 5.91 Å². The Balaban J connectivity index is 1.90. The SMILES string of the molecule is COCC(=O)Nc1ccc(NC(=O)N[C@@H](C)c2cc(C)oc2C)cc1. The first-order valence-electron chi connectivity index (χ1n) is 7.92. The first-order chi connectivity index (χ1) is 11.9. The molecule has 7 nitrogen and oxygen atoms in total. The van der Waals surface area contributed by atoms with Crippen molar-refractivity contribution in [3.63, 3.8) is 0 Å². The van der Waals surface area contributed by atoms with Crippen LogP contribution in [-0.2, 0) is 9.53 Å². The minimum absolute atomic E-state index is 0.00675. The highest BCUT2D eigenvalue weighted by Crippen LogP contribution is 2.21. The van der Waals surface area contributed by atoms with Crippen LogP contribution >= 0.6 is 0 Å². The number of nitrogens with one attached hydrogen (secondary N) is 3. The lowest BCUT2D eigenvalue weighted by Gasteiger charge is -2.14. The number of anilines is 2. The van der Waals surface area contributed by atoms with Crippen molar-refractivity contribution in [2.45, 2.75) is 26.8 Å². The van der Waals surface area contributed by atoms with E-state index in [1.807, 2.05) is 26.8 Å². The van der Waals surface area contributed by atoms with Gasteiger partial charge in [-0.15, -0.1) is 0 Å². The van der Waals surface area contributed by atoms with Crippen LogP contribution in [0.2, 0.25) is 0 Å². The molecule has 0 aliphatic rings. The molecule has 0 unspecified atom stereocenters. The number of methoxy groups -OCH3 is 1. The highest BCUT2D eigenvalue weighted by atomic mass is 16.5. The second kappa shape index (κ2) is 8.34. The van der Waals surface area contributed by atoms with Gasteiger partial charge in [0.15, 0.2) is 0 Å². The summed E-state index contributed by atoms with van der Waals surface area (Å²) >= 11 is 0. The van der Waals surface area contributed by atoms with Crippen LogP contribution in [0.3, 0.4) is 0 Å². The lowest BCUT2D eigenvalue weighted by atomic mass is 10.1. The Morgan fingerprint density at radius 2 is 1.72 bits per heavy atom. The zero-order chi connectivity index (χ0) is 18.4. The number of benzene rings is 1. The quantitative estimate of drug-likeness (QED) is 0.748. The average Bonchev–Trinajstić information content (AvgIpc) is 2.88. The molecule has 0 aliphatic carbocycles. The van der Waals surface area contributed by atoms with E-state index >= 15 is 0 Å². The summed E-state index contributed by atoms with van der Waals surface area (Å²) in [5.41, 5.74) is 2.20. The van der Waals surface area contributed by atoms with E-state index in [4.69, 9.17) is 9.15 Å². The van der Waals surface area contributed by atoms with Gasteiger partial charge in [0.05, 0.1) is 6.04 Å². The van der Waals surface area contributed by atoms with Gasteiger partial charge in [-0.3, -0.25) is 4.79 Å². The van der Waals surface area contributed by atoms with Crippen LogP contribution < -0.4 is 16.0 Å². The van der Waals surface area contributed by atoms with Crippen LogP contribution in [-0.4, -0.2) is 25.7 Å². The van der Waals surface area contributed by atoms with E-state index in [0.29, 0.717) is 11.4 Å². The van der Waals surface area contributed by atoms with Crippen LogP contribution in [0.1, 0.15) is 30.0 Å². The summed E-state index contributed by atoms with van der Waals surface area (Å²) in [4.78, 5) is 23.6. The van der Waals surface area contributed by atoms with Gasteiger partial charge in [-0.1, -0.05) is 0 Å². The topological polar surface area (TPSA) is 92.6 Å². The smallest absolute Gasteiger partial charge is 0.319 e. The van der Waals surface area contributed by atoms with Crippen molar-refractivity contribution >= 4 is 23.3 Å². The van der Waals surface area contributed by atoms with Crippen molar-refractivity contribution in [2.24, 2.45) is 0 Å². The van der Waals surface area contributed by atoms with Gasteiger partial charge in [-0.2, -0.15) is 0 Å². The van der Waals surface area contributed by atoms with Crippen molar-refractivity contribution < 1.29 is 18.7 Å². The van der Waals surface area contributed by atoms with Gasteiger partial charge in [0.1, 0.15) is 18.1 Å². The number of carbonyl (C=O) groups is 2. The maximum atomic E-state index is 12.1. The fraction of sp³-hybridized carbons (Fsp3) is 0.333. The lowest BCUT2D eigenvalue weighted by molar-refractivity contribution is -0.119. The summed E-state index contributed by atoms with van der Waals surface area (Å²) in [7, 11) is 1.46. The van der Waals surface area contributed by atoms with Crippen LogP contribution in [0.15, 0.2) is 34.7 Å². The predicted molar refractivity (Wildman–Crippen MR) is 95.7 cm³/mol. The van der Waals surface area contributed by atoms with E-state index in [1.54, 1.807) is 24.3 Å². The third-order valence-electron chi connectivity index (χ3n) is 3.60. The highest BCUT2D eigenvalue weighted by Gasteiger charge is 2.15. The molecule has 3 N–H and O–H groups in total. The summed E-state index contributed by atoms with van der Waals surface area (Å²) in [6, 6.07) is 8.25. The predicted octanol–water partition coefficient (Wildman–Crippen LogP) is 3.36. The van der Waals surface area contributed by atoms with Crippen LogP contribution in [0.25, 0.3) is 0 Å². The van der Waals surface area contributed by atoms with Gasteiger partial charge >= 0.3 is 6.03 Å². The number of carbonyl (C=O) groups excluding carboxylic acids is 2. The molecular formula is C18H23N3O4. The Hall–Kier alpha value is -2.80. The minimum atomic E-state index is -0.318. The van der Waals surface area contributed by atoms with Crippen molar-refractivity contribution in [1.29, 1.82) is 0 Å². The molecule has 25 heavy (non-hydrogen) atoms. The van der Waals surface area contributed by atoms with Crippen LogP contribution in [0.4, 0.5) is 16.2 Å². The fourth-order valence-electron chi connectivity index (χ4n) is 2.49. The summed E-state index contributed by atoms with van der Waals surface area (Å²) in [5, 5.41) is 8.31. The Labute approximate surface area is 146 Å². The van der Waals surface area contributed by atoms with Gasteiger partial charge in [0, 0.05) is 24.0 Å². The number of hydrogen-bond acceptors (Lipinski definition) is 4. The molecule has 1 heterocycles. The number of amides is 3. The molecule has 2 rings (SSSR count). The molecule has 2 aromatic rings. The van der Waals surface area contributed by atoms with Gasteiger partial charge in [0.25, 0.3) is 0 Å². The highest BCUT2D eigenvalue weighted by molar-refractivity contribution is 5.93. The molecule has 3 amide bonds. The van der Waals surface area contributed by atoms with Crippen LogP contribution in [0.5, 0.6) is 0 Å². The number of ether oxygens (including phenoxy) is 1. The van der Waals surface area contributed by atoms with Gasteiger partial charge in [-0.25, -0.2) is 4.79 Å². The molecule has 0 saturated heterocycles. The summed E-state index contributed by atoms with van der Waals surface area (Å²) in [6.07, 6.45) is 0. The normalized spacial score (nSPS) is 11.7. The van der Waals surface area contributed by atoms with E-state index in [9.17, 15) is 9.59 Å². The zero-order valence-corrected chi connectivity index (χ0v) is 14.8. The molecule has 0 bridgehead atoms. The number of furan rings is 1. The van der Waals surface area contributed by atoms with E-state index in [-0.39, 0.29) is 24.6 Å². The standard InChI is InChI=1S/C18H23N3O4/c1-11-9-16(13(3)25-11)12(2)19-18(23)21-15-7-5-14(6-8-15)20-17(22)10-24-4/h5-9,12H,10H2,1-4H3,(H,20,22)(H2,19,21,23)/t12-/m0/s1. The Morgan fingerprint density at radius 3 is 2.24 bits per heavy atom. The third-order valence-corrected chi connectivity index (χ3v) is 3.60. The minimum Gasteiger partial charge on any atom is -0.466 e. The number of aryl methyl sites for hydroxylation is 2. The monoisotopic (exact) mass is 345 g/mol. The Kier molecular flexibility index (Phi) is 6.19. The molecule has 0 fully saturated rings. The molecule has 0 aliphatic heterocycles. The van der Waals surface area contributed by atoms with E-state index < -0.39 is 0 Å². The molecule has 1 aromatic heterocycles. The van der Waals surface area contributed by atoms with E-state index in [1.165, 1.54) is 7.11 Å². The summed E-state index contributed by atoms with van der Waals surface area (Å²) in [5.74, 6) is 1.37. The second-order valence-corrected chi connectivity index (χ2v) is 5.75. The molecule has 0 radical (unpaired) electrons. The largest absolute Gasteiger partial charge is 0.466 e. The first kappa shape index (κ1) is 18.5. The van der Waals surface area contributed by atoms with Crippen LogP contribution in [0, 0.1) is 13.8 Å². The Bertz CT molecular complexity index is 737. The summed E-state index contributed by atoms with van der Waals surface area (Å²) in [6.45, 7) is 5.63. The number of hydrogen-bond donors (Lipinski definition) is 3. The van der Waals surface area contributed by atoms with Gasteiger partial charge < -0.3 is 25.1 Å². The maximum Gasteiger partial charge on any atom is 0.319 e. The Morgan fingerprint density at radius 1 is 1.12 bits per heavy atom. The second-order valence-electron chi connectivity index (χ2n) is 5.75. The molecule has 134 valence electrons. The number of rotatable bonds is 6. The molecular weight excluding hydrogens is 322 g/mol. The van der Waals surface area contributed by atoms with Crippen molar-refractivity contribution in [1.82, 2.24) is 5.32 Å². The number of urea groups is 1. The molecule has 0 saturated carbocycles. The molecule has 1 atom stereocenters. The zero-order valence-electron chi connectivity index (χ0n) is 14.8. The summed E-state index contributed by atoms with van der Waals surface area (Å²) < 4.78 is 10.2. The molecule has 1 aromatic carbocycles. The van der Waals surface area contributed by atoms with Crippen molar-refractivity contribution in [3.8, 4) is 0 Å². The van der Waals surface area contributed by atoms with Crippen molar-refractivity contribution in [3.05, 3.63) is 47.4 Å². The van der Waals surface area contributed by atoms with Gasteiger partial charge in [-0.05, 0) is 51.1 Å². The third kappa shape index (κ3) is 5.36. The fourth-order valence-corrected chi connectivity index (χ4v) is 2.49. The van der Waals surface area contributed by atoms with E-state index in [2.05, 4.69) is 16.0 Å². The average molecular weight is 345 g/mol. The maximum absolute atomic E-state index is 12.1.